The largest absolute Gasteiger partial charge is 0.337 e. The first kappa shape index (κ1) is 18.2. The fraction of sp³-hybridized carbons (Fsp3) is 0.778. The van der Waals surface area contributed by atoms with Crippen molar-refractivity contribution in [3.8, 4) is 0 Å². The van der Waals surface area contributed by atoms with E-state index >= 15 is 0 Å². The molecule has 0 spiro atoms. The van der Waals surface area contributed by atoms with E-state index in [9.17, 15) is 4.79 Å². The van der Waals surface area contributed by atoms with Crippen LogP contribution in [0.25, 0.3) is 0 Å². The average molecular weight is 368 g/mol. The minimum absolute atomic E-state index is 0.131. The second-order valence-electron chi connectivity index (χ2n) is 7.53. The van der Waals surface area contributed by atoms with E-state index in [1.165, 1.54) is 38.9 Å². The van der Waals surface area contributed by atoms with Gasteiger partial charge in [-0.15, -0.1) is 11.3 Å². The van der Waals surface area contributed by atoms with Crippen LogP contribution in [0.3, 0.4) is 0 Å². The second-order valence-corrected chi connectivity index (χ2v) is 9.45. The molecular weight excluding hydrogens is 338 g/mol. The highest BCUT2D eigenvalue weighted by Gasteiger charge is 2.34. The van der Waals surface area contributed by atoms with Crippen molar-refractivity contribution < 1.29 is 4.79 Å². The highest BCUT2D eigenvalue weighted by Crippen LogP contribution is 2.33. The van der Waals surface area contributed by atoms with Crippen molar-refractivity contribution in [1.29, 1.82) is 0 Å². The van der Waals surface area contributed by atoms with Crippen LogP contribution in [0.5, 0.6) is 0 Å². The van der Waals surface area contributed by atoms with Gasteiger partial charge in [0, 0.05) is 25.0 Å². The standard InChI is InChI=1S/C18H29N3OS2/c1-13(2)10-20-7-4-14(5-8-20)15-6-9-21(11-15)17(22)16-12-24-18(19-16)23-3/h12-15H,4-11H2,1-3H3. The van der Waals surface area contributed by atoms with Crippen LogP contribution < -0.4 is 0 Å². The maximum Gasteiger partial charge on any atom is 0.273 e. The summed E-state index contributed by atoms with van der Waals surface area (Å²) < 4.78 is 0.978. The van der Waals surface area contributed by atoms with Gasteiger partial charge in [-0.3, -0.25) is 4.79 Å². The molecule has 2 fully saturated rings. The molecule has 0 aromatic carbocycles. The third-order valence-electron chi connectivity index (χ3n) is 5.31. The van der Waals surface area contributed by atoms with E-state index in [-0.39, 0.29) is 5.91 Å². The van der Waals surface area contributed by atoms with Crippen molar-refractivity contribution in [3.63, 3.8) is 0 Å². The zero-order valence-corrected chi connectivity index (χ0v) is 16.7. The summed E-state index contributed by atoms with van der Waals surface area (Å²) in [4.78, 5) is 21.7. The zero-order valence-electron chi connectivity index (χ0n) is 15.0. The maximum atomic E-state index is 12.6. The Hall–Kier alpha value is -0.590. The normalized spacial score (nSPS) is 23.3. The van der Waals surface area contributed by atoms with E-state index in [0.29, 0.717) is 11.6 Å². The minimum Gasteiger partial charge on any atom is -0.337 e. The van der Waals surface area contributed by atoms with Gasteiger partial charge in [-0.2, -0.15) is 0 Å². The third-order valence-corrected chi connectivity index (χ3v) is 7.17. The number of carbonyl (C=O) groups is 1. The number of rotatable bonds is 5. The molecule has 2 saturated heterocycles. The first-order valence-corrected chi connectivity index (χ1v) is 11.2. The zero-order chi connectivity index (χ0) is 17.1. The summed E-state index contributed by atoms with van der Waals surface area (Å²) in [5.41, 5.74) is 0.636. The number of aromatic nitrogens is 1. The van der Waals surface area contributed by atoms with E-state index < -0.39 is 0 Å². The summed E-state index contributed by atoms with van der Waals surface area (Å²) >= 11 is 3.18. The Morgan fingerprint density at radius 1 is 1.29 bits per heavy atom. The lowest BCUT2D eigenvalue weighted by Crippen LogP contribution is -2.39. The van der Waals surface area contributed by atoms with Gasteiger partial charge in [-0.25, -0.2) is 4.98 Å². The van der Waals surface area contributed by atoms with Gasteiger partial charge in [-0.05, 0) is 56.4 Å². The highest BCUT2D eigenvalue weighted by atomic mass is 32.2. The number of piperidine rings is 1. The van der Waals surface area contributed by atoms with Crippen LogP contribution in [0, 0.1) is 17.8 Å². The molecule has 24 heavy (non-hydrogen) atoms. The van der Waals surface area contributed by atoms with Gasteiger partial charge in [0.1, 0.15) is 10.0 Å². The second kappa shape index (κ2) is 8.19. The number of thioether (sulfide) groups is 1. The van der Waals surface area contributed by atoms with Crippen molar-refractivity contribution in [2.75, 3.05) is 39.0 Å². The Kier molecular flexibility index (Phi) is 6.22. The highest BCUT2D eigenvalue weighted by molar-refractivity contribution is 8.00. The Bertz CT molecular complexity index is 552. The van der Waals surface area contributed by atoms with Crippen molar-refractivity contribution >= 4 is 29.0 Å². The lowest BCUT2D eigenvalue weighted by atomic mass is 9.83. The molecule has 134 valence electrons. The molecule has 4 nitrogen and oxygen atoms in total. The molecule has 1 aromatic heterocycles. The molecule has 3 heterocycles. The summed E-state index contributed by atoms with van der Waals surface area (Å²) in [6.07, 6.45) is 5.77. The van der Waals surface area contributed by atoms with Crippen LogP contribution in [0.4, 0.5) is 0 Å². The van der Waals surface area contributed by atoms with Crippen LogP contribution in [0.15, 0.2) is 9.72 Å². The molecule has 0 N–H and O–H groups in total. The van der Waals surface area contributed by atoms with Crippen molar-refractivity contribution in [3.05, 3.63) is 11.1 Å². The summed E-state index contributed by atoms with van der Waals surface area (Å²) in [6, 6.07) is 0. The van der Waals surface area contributed by atoms with Crippen molar-refractivity contribution in [2.45, 2.75) is 37.4 Å². The van der Waals surface area contributed by atoms with Gasteiger partial charge >= 0.3 is 0 Å². The first-order valence-electron chi connectivity index (χ1n) is 9.08. The molecule has 0 saturated carbocycles. The van der Waals surface area contributed by atoms with Gasteiger partial charge in [0.15, 0.2) is 0 Å². The van der Waals surface area contributed by atoms with Gasteiger partial charge < -0.3 is 9.80 Å². The Morgan fingerprint density at radius 2 is 2.00 bits per heavy atom. The van der Waals surface area contributed by atoms with Crippen LogP contribution >= 0.6 is 23.1 Å². The third kappa shape index (κ3) is 4.33. The molecule has 3 rings (SSSR count). The van der Waals surface area contributed by atoms with Gasteiger partial charge in [0.05, 0.1) is 0 Å². The molecule has 1 unspecified atom stereocenters. The number of likely N-dealkylation sites (tertiary alicyclic amines) is 2. The first-order chi connectivity index (χ1) is 11.6. The van der Waals surface area contributed by atoms with Gasteiger partial charge in [-0.1, -0.05) is 25.6 Å². The molecule has 1 aromatic rings. The molecule has 0 bridgehead atoms. The minimum atomic E-state index is 0.131. The fourth-order valence-electron chi connectivity index (χ4n) is 4.09. The van der Waals surface area contributed by atoms with E-state index in [2.05, 4.69) is 23.7 Å². The lowest BCUT2D eigenvalue weighted by Gasteiger charge is -2.35. The summed E-state index contributed by atoms with van der Waals surface area (Å²) in [7, 11) is 0. The number of amides is 1. The molecule has 0 aliphatic carbocycles. The number of carbonyl (C=O) groups excluding carboxylic acids is 1. The Morgan fingerprint density at radius 3 is 2.62 bits per heavy atom. The summed E-state index contributed by atoms with van der Waals surface area (Å²) in [6.45, 7) is 10.1. The Balaban J connectivity index is 1.50. The van der Waals surface area contributed by atoms with E-state index in [0.717, 1.165) is 29.3 Å². The van der Waals surface area contributed by atoms with Crippen LogP contribution in [0.2, 0.25) is 0 Å². The lowest BCUT2D eigenvalue weighted by molar-refractivity contribution is 0.0767. The van der Waals surface area contributed by atoms with Crippen LogP contribution in [-0.2, 0) is 0 Å². The molecule has 2 aliphatic heterocycles. The van der Waals surface area contributed by atoms with Crippen LogP contribution in [-0.4, -0.2) is 59.7 Å². The maximum absolute atomic E-state index is 12.6. The molecule has 1 atom stereocenters. The predicted molar refractivity (Wildman–Crippen MR) is 102 cm³/mol. The molecular formula is C18H29N3OS2. The van der Waals surface area contributed by atoms with Crippen molar-refractivity contribution in [2.24, 2.45) is 17.8 Å². The van der Waals surface area contributed by atoms with E-state index in [1.807, 2.05) is 16.5 Å². The SMILES string of the molecule is CSc1nc(C(=O)N2CCC(C3CCN(CC(C)C)CC3)C2)cs1. The van der Waals surface area contributed by atoms with Crippen LogP contribution in [0.1, 0.15) is 43.6 Å². The van der Waals surface area contributed by atoms with Gasteiger partial charge in [0.2, 0.25) is 0 Å². The number of hydrogen-bond donors (Lipinski definition) is 0. The topological polar surface area (TPSA) is 36.4 Å². The van der Waals surface area contributed by atoms with Crippen molar-refractivity contribution in [1.82, 2.24) is 14.8 Å². The number of nitrogens with zero attached hydrogens (tertiary/aromatic N) is 3. The molecule has 6 heteroatoms. The molecule has 2 aliphatic rings. The summed E-state index contributed by atoms with van der Waals surface area (Å²) in [5.74, 6) is 2.37. The smallest absolute Gasteiger partial charge is 0.273 e. The predicted octanol–water partition coefficient (Wildman–Crippen LogP) is 3.70. The fourth-order valence-corrected chi connectivity index (χ4v) is 5.33. The quantitative estimate of drug-likeness (QED) is 0.744. The monoisotopic (exact) mass is 367 g/mol. The number of thiazole rings is 1. The molecule has 1 amide bonds. The van der Waals surface area contributed by atoms with E-state index in [4.69, 9.17) is 0 Å². The summed E-state index contributed by atoms with van der Waals surface area (Å²) in [5, 5.41) is 1.91. The average Bonchev–Trinajstić information content (AvgIpc) is 3.24. The Labute approximate surface area is 154 Å². The number of hydrogen-bond acceptors (Lipinski definition) is 5. The van der Waals surface area contributed by atoms with Gasteiger partial charge in [0.25, 0.3) is 5.91 Å². The molecule has 0 radical (unpaired) electrons. The van der Waals surface area contributed by atoms with E-state index in [1.54, 1.807) is 23.1 Å².